The number of rotatable bonds is 2. The van der Waals surface area contributed by atoms with Crippen LogP contribution >= 0.6 is 0 Å². The quantitative estimate of drug-likeness (QED) is 0.646. The van der Waals surface area contributed by atoms with E-state index in [1.54, 1.807) is 4.68 Å². The van der Waals surface area contributed by atoms with Crippen LogP contribution in [-0.4, -0.2) is 9.78 Å². The third kappa shape index (κ3) is 2.25. The van der Waals surface area contributed by atoms with Gasteiger partial charge in [-0.1, -0.05) is 27.2 Å². The minimum Gasteiger partial charge on any atom is -0.289 e. The highest BCUT2D eigenvalue weighted by Gasteiger charge is 2.38. The monoisotopic (exact) mass is 251 g/mol. The van der Waals surface area contributed by atoms with E-state index in [1.165, 1.54) is 19.3 Å². The van der Waals surface area contributed by atoms with Crippen LogP contribution in [0.1, 0.15) is 57.7 Å². The molecule has 2 N–H and O–H groups in total. The van der Waals surface area contributed by atoms with Crippen molar-refractivity contribution in [3.63, 3.8) is 0 Å². The maximum atomic E-state index is 6.00. The van der Waals surface area contributed by atoms with Crippen molar-refractivity contribution in [1.82, 2.24) is 9.78 Å². The molecule has 0 bridgehead atoms. The summed E-state index contributed by atoms with van der Waals surface area (Å²) in [5.41, 5.74) is 0. The molecule has 1 heterocycles. The Morgan fingerprint density at radius 2 is 2.00 bits per heavy atom. The van der Waals surface area contributed by atoms with Crippen molar-refractivity contribution in [2.24, 2.45) is 17.8 Å². The first-order valence-electron chi connectivity index (χ1n) is 7.14. The van der Waals surface area contributed by atoms with E-state index in [-0.39, 0.29) is 0 Å². The van der Waals surface area contributed by atoms with Crippen molar-refractivity contribution in [3.05, 3.63) is 11.6 Å². The zero-order chi connectivity index (χ0) is 13.4. The largest absolute Gasteiger partial charge is 0.295 e. The summed E-state index contributed by atoms with van der Waals surface area (Å²) in [6, 6.07) is 0.511. The Morgan fingerprint density at radius 1 is 1.33 bits per heavy atom. The fraction of sp³-hybridized carbons (Fsp3) is 0.857. The molecule has 0 amide bonds. The van der Waals surface area contributed by atoms with E-state index >= 15 is 0 Å². The van der Waals surface area contributed by atoms with Gasteiger partial charge in [0.2, 0.25) is 0 Å². The Bertz CT molecular complexity index is 422. The lowest BCUT2D eigenvalue weighted by molar-refractivity contribution is -0.652. The molecule has 1 fully saturated rings. The molecule has 1 saturated carbocycles. The summed E-state index contributed by atoms with van der Waals surface area (Å²) < 4.78 is 3.88. The van der Waals surface area contributed by atoms with E-state index in [1.807, 2.05) is 6.92 Å². The molecule has 0 spiro atoms. The zero-order valence-corrected chi connectivity index (χ0v) is 12.3. The molecule has 1 aliphatic carbocycles. The average molecular weight is 251 g/mol. The SMILES string of the molecule is Cc1nn([C@H]2C[C@@H](C)CC[C@@H]2C(C)C)c(C)[n+]1N. The number of aromatic nitrogens is 3. The van der Waals surface area contributed by atoms with Crippen LogP contribution in [0.25, 0.3) is 0 Å². The summed E-state index contributed by atoms with van der Waals surface area (Å²) in [5, 5.41) is 4.66. The molecule has 2 rings (SSSR count). The van der Waals surface area contributed by atoms with E-state index in [2.05, 4.69) is 37.5 Å². The topological polar surface area (TPSA) is 47.7 Å². The second-order valence-electron chi connectivity index (χ2n) is 6.30. The lowest BCUT2D eigenvalue weighted by atomic mass is 9.74. The molecule has 4 heteroatoms. The molecular formula is C14H27N4+. The van der Waals surface area contributed by atoms with Crippen LogP contribution in [0.15, 0.2) is 0 Å². The second kappa shape index (κ2) is 4.90. The van der Waals surface area contributed by atoms with Crippen LogP contribution in [-0.2, 0) is 0 Å². The van der Waals surface area contributed by atoms with Gasteiger partial charge in [0.15, 0.2) is 0 Å². The third-order valence-corrected chi connectivity index (χ3v) is 4.58. The Labute approximate surface area is 110 Å². The number of hydrogen-bond donors (Lipinski definition) is 1. The number of nitrogen functional groups attached to an aromatic ring is 1. The Hall–Kier alpha value is -1.06. The van der Waals surface area contributed by atoms with Crippen LogP contribution in [0.2, 0.25) is 0 Å². The predicted octanol–water partition coefficient (Wildman–Crippen LogP) is 2.13. The number of nitrogens with two attached hydrogens (primary N) is 1. The maximum absolute atomic E-state index is 6.00. The van der Waals surface area contributed by atoms with Crippen molar-refractivity contribution in [3.8, 4) is 0 Å². The molecule has 4 nitrogen and oxygen atoms in total. The van der Waals surface area contributed by atoms with Crippen LogP contribution in [0, 0.1) is 31.6 Å². The second-order valence-corrected chi connectivity index (χ2v) is 6.30. The van der Waals surface area contributed by atoms with Gasteiger partial charge in [-0.25, -0.2) is 0 Å². The number of nitrogens with zero attached hydrogens (tertiary/aromatic N) is 3. The molecule has 1 aliphatic rings. The van der Waals surface area contributed by atoms with Gasteiger partial charge in [0, 0.05) is 18.9 Å². The third-order valence-electron chi connectivity index (χ3n) is 4.58. The first-order chi connectivity index (χ1) is 8.41. The van der Waals surface area contributed by atoms with Crippen molar-refractivity contribution < 1.29 is 4.68 Å². The first-order valence-corrected chi connectivity index (χ1v) is 7.14. The fourth-order valence-corrected chi connectivity index (χ4v) is 3.37. The molecule has 0 aromatic carbocycles. The molecule has 0 radical (unpaired) electrons. The van der Waals surface area contributed by atoms with E-state index in [4.69, 9.17) is 5.84 Å². The minimum absolute atomic E-state index is 0.511. The normalized spacial score (nSPS) is 28.9. The fourth-order valence-electron chi connectivity index (χ4n) is 3.37. The summed E-state index contributed by atoms with van der Waals surface area (Å²) in [5.74, 6) is 10.2. The van der Waals surface area contributed by atoms with Gasteiger partial charge < -0.3 is 0 Å². The first kappa shape index (κ1) is 13.4. The van der Waals surface area contributed by atoms with Crippen LogP contribution in [0.4, 0.5) is 0 Å². The van der Waals surface area contributed by atoms with Crippen LogP contribution < -0.4 is 10.5 Å². The summed E-state index contributed by atoms with van der Waals surface area (Å²) in [4.78, 5) is 0. The number of aryl methyl sites for hydroxylation is 1. The highest BCUT2D eigenvalue weighted by molar-refractivity contribution is 4.89. The van der Waals surface area contributed by atoms with Crippen molar-refractivity contribution >= 4 is 0 Å². The van der Waals surface area contributed by atoms with E-state index in [0.29, 0.717) is 12.0 Å². The van der Waals surface area contributed by atoms with Crippen molar-refractivity contribution in [1.29, 1.82) is 0 Å². The highest BCUT2D eigenvalue weighted by Crippen LogP contribution is 2.40. The summed E-state index contributed by atoms with van der Waals surface area (Å²) >= 11 is 0. The molecule has 0 saturated heterocycles. The number of hydrogen-bond acceptors (Lipinski definition) is 2. The van der Waals surface area contributed by atoms with Gasteiger partial charge in [-0.05, 0) is 30.6 Å². The van der Waals surface area contributed by atoms with E-state index in [0.717, 1.165) is 23.5 Å². The van der Waals surface area contributed by atoms with Gasteiger partial charge in [0.25, 0.3) is 11.6 Å². The predicted molar refractivity (Wildman–Crippen MR) is 72.4 cm³/mol. The molecular weight excluding hydrogens is 224 g/mol. The van der Waals surface area contributed by atoms with Gasteiger partial charge in [0.1, 0.15) is 6.04 Å². The Balaban J connectivity index is 2.35. The molecule has 3 atom stereocenters. The highest BCUT2D eigenvalue weighted by atomic mass is 15.5. The molecule has 0 aliphatic heterocycles. The van der Waals surface area contributed by atoms with Gasteiger partial charge in [-0.3, -0.25) is 5.84 Å². The summed E-state index contributed by atoms with van der Waals surface area (Å²) in [7, 11) is 0. The standard InChI is InChI=1S/C14H27N4/c1-9(2)13-7-6-10(3)8-14(13)18-12(5)17(15)11(4)16-18/h9-10,13-14H,6-8,15H2,1-5H3/q+1/t10-,13+,14-/m0/s1. The van der Waals surface area contributed by atoms with Gasteiger partial charge in [0.05, 0.1) is 0 Å². The molecule has 1 aromatic heterocycles. The van der Waals surface area contributed by atoms with Crippen molar-refractivity contribution in [2.75, 3.05) is 5.84 Å². The summed E-state index contributed by atoms with van der Waals surface area (Å²) in [6.45, 7) is 11.0. The zero-order valence-electron chi connectivity index (χ0n) is 12.3. The van der Waals surface area contributed by atoms with Crippen molar-refractivity contribution in [2.45, 2.75) is 59.9 Å². The Morgan fingerprint density at radius 3 is 2.50 bits per heavy atom. The molecule has 1 aromatic rings. The van der Waals surface area contributed by atoms with E-state index < -0.39 is 0 Å². The molecule has 18 heavy (non-hydrogen) atoms. The van der Waals surface area contributed by atoms with Gasteiger partial charge in [-0.15, -0.1) is 9.36 Å². The minimum atomic E-state index is 0.511. The van der Waals surface area contributed by atoms with E-state index in [9.17, 15) is 0 Å². The van der Waals surface area contributed by atoms with Gasteiger partial charge >= 0.3 is 0 Å². The molecule has 0 unspecified atom stereocenters. The average Bonchev–Trinajstić information content (AvgIpc) is 2.56. The molecule has 102 valence electrons. The smallest absolute Gasteiger partial charge is 0.289 e. The lowest BCUT2D eigenvalue weighted by Crippen LogP contribution is -2.49. The Kier molecular flexibility index (Phi) is 3.64. The van der Waals surface area contributed by atoms with Crippen LogP contribution in [0.3, 0.4) is 0 Å². The lowest BCUT2D eigenvalue weighted by Gasteiger charge is -2.34. The van der Waals surface area contributed by atoms with Crippen LogP contribution in [0.5, 0.6) is 0 Å². The van der Waals surface area contributed by atoms with Gasteiger partial charge in [-0.2, -0.15) is 0 Å². The maximum Gasteiger partial charge on any atom is 0.295 e. The summed E-state index contributed by atoms with van der Waals surface area (Å²) in [6.07, 6.45) is 3.89.